The maximum absolute atomic E-state index is 13.1. The number of hydrogen-bond acceptors (Lipinski definition) is 3. The van der Waals surface area contributed by atoms with Crippen molar-refractivity contribution in [1.29, 1.82) is 0 Å². The summed E-state index contributed by atoms with van der Waals surface area (Å²) >= 11 is 0. The number of anilines is 1. The second-order valence-corrected chi connectivity index (χ2v) is 6.74. The van der Waals surface area contributed by atoms with Crippen LogP contribution in [0.1, 0.15) is 18.7 Å². The van der Waals surface area contributed by atoms with Crippen LogP contribution in [0.25, 0.3) is 11.1 Å². The molecule has 1 aliphatic heterocycles. The number of benzene rings is 2. The van der Waals surface area contributed by atoms with Gasteiger partial charge in [-0.3, -0.25) is 9.69 Å². The number of aromatic nitrogens is 2. The third-order valence-electron chi connectivity index (χ3n) is 4.88. The summed E-state index contributed by atoms with van der Waals surface area (Å²) in [4.78, 5) is 22.3. The first kappa shape index (κ1) is 17.4. The highest BCUT2D eigenvalue weighted by molar-refractivity contribution is 5.95. The lowest BCUT2D eigenvalue weighted by Gasteiger charge is -2.22. The molecule has 138 valence electrons. The molecule has 5 nitrogen and oxygen atoms in total. The first-order chi connectivity index (χ1) is 13.2. The van der Waals surface area contributed by atoms with Crippen LogP contribution in [0.3, 0.4) is 0 Å². The average molecular weight is 364 g/mol. The minimum absolute atomic E-state index is 0.00434. The van der Waals surface area contributed by atoms with Gasteiger partial charge in [0.05, 0.1) is 12.6 Å². The summed E-state index contributed by atoms with van der Waals surface area (Å²) in [6.45, 7) is 1.52. The smallest absolute Gasteiger partial charge is 0.241 e. The van der Waals surface area contributed by atoms with Gasteiger partial charge >= 0.3 is 0 Å². The molecule has 0 radical (unpaired) electrons. The van der Waals surface area contributed by atoms with Crippen molar-refractivity contribution in [2.24, 2.45) is 0 Å². The molecule has 4 rings (SSSR count). The summed E-state index contributed by atoms with van der Waals surface area (Å²) in [5, 5.41) is 3.03. The molecule has 2 heterocycles. The highest BCUT2D eigenvalue weighted by Gasteiger charge is 2.31. The van der Waals surface area contributed by atoms with Crippen molar-refractivity contribution >= 4 is 11.6 Å². The van der Waals surface area contributed by atoms with Gasteiger partial charge in [-0.15, -0.1) is 0 Å². The Morgan fingerprint density at radius 2 is 2.07 bits per heavy atom. The number of nitrogens with one attached hydrogen (secondary N) is 2. The van der Waals surface area contributed by atoms with Crippen LogP contribution >= 0.6 is 0 Å². The van der Waals surface area contributed by atoms with Crippen LogP contribution in [0.2, 0.25) is 0 Å². The molecule has 3 aromatic rings. The number of H-pyrrole nitrogens is 1. The Labute approximate surface area is 157 Å². The van der Waals surface area contributed by atoms with Gasteiger partial charge < -0.3 is 10.3 Å². The number of imidazole rings is 1. The summed E-state index contributed by atoms with van der Waals surface area (Å²) in [6.07, 6.45) is 5.35. The molecule has 1 unspecified atom stereocenters. The zero-order valence-corrected chi connectivity index (χ0v) is 14.9. The molecule has 0 saturated carbocycles. The van der Waals surface area contributed by atoms with Gasteiger partial charge in [-0.1, -0.05) is 24.3 Å². The monoisotopic (exact) mass is 364 g/mol. The molecule has 1 aliphatic rings. The Morgan fingerprint density at radius 3 is 2.85 bits per heavy atom. The van der Waals surface area contributed by atoms with Gasteiger partial charge in [0.25, 0.3) is 0 Å². The fraction of sp³-hybridized carbons (Fsp3) is 0.238. The van der Waals surface area contributed by atoms with Gasteiger partial charge in [0.2, 0.25) is 5.91 Å². The van der Waals surface area contributed by atoms with Crippen LogP contribution in [-0.4, -0.2) is 33.4 Å². The third-order valence-corrected chi connectivity index (χ3v) is 4.88. The Morgan fingerprint density at radius 1 is 1.22 bits per heavy atom. The molecule has 2 N–H and O–H groups in total. The van der Waals surface area contributed by atoms with E-state index in [-0.39, 0.29) is 17.8 Å². The number of hydrogen-bond donors (Lipinski definition) is 2. The molecule has 0 bridgehead atoms. The summed E-state index contributed by atoms with van der Waals surface area (Å²) in [7, 11) is 0. The largest absolute Gasteiger partial charge is 0.348 e. The van der Waals surface area contributed by atoms with Gasteiger partial charge in [0.15, 0.2) is 0 Å². The summed E-state index contributed by atoms with van der Waals surface area (Å²) in [6, 6.07) is 13.8. The number of likely N-dealkylation sites (tertiary alicyclic amines) is 1. The van der Waals surface area contributed by atoms with E-state index in [4.69, 9.17) is 0 Å². The van der Waals surface area contributed by atoms with Crippen molar-refractivity contribution in [3.05, 3.63) is 72.6 Å². The van der Waals surface area contributed by atoms with E-state index in [9.17, 15) is 9.18 Å². The zero-order chi connectivity index (χ0) is 18.6. The Hall–Kier alpha value is -2.99. The maximum atomic E-state index is 13.1. The quantitative estimate of drug-likeness (QED) is 0.724. The Bertz CT molecular complexity index is 908. The number of amides is 1. The molecule has 0 aliphatic carbocycles. The van der Waals surface area contributed by atoms with Crippen LogP contribution < -0.4 is 5.32 Å². The number of halogens is 1. The van der Waals surface area contributed by atoms with Gasteiger partial charge in [-0.2, -0.15) is 0 Å². The minimum atomic E-state index is -0.263. The highest BCUT2D eigenvalue weighted by atomic mass is 19.1. The Kier molecular flexibility index (Phi) is 4.98. The van der Waals surface area contributed by atoms with Gasteiger partial charge in [-0.05, 0) is 54.8 Å². The second kappa shape index (κ2) is 7.72. The molecule has 1 aromatic heterocycles. The van der Waals surface area contributed by atoms with Crippen LogP contribution in [0, 0.1) is 5.82 Å². The van der Waals surface area contributed by atoms with Crippen LogP contribution in [0.5, 0.6) is 0 Å². The predicted molar refractivity (Wildman–Crippen MR) is 102 cm³/mol. The molecule has 27 heavy (non-hydrogen) atoms. The van der Waals surface area contributed by atoms with E-state index >= 15 is 0 Å². The number of carbonyl (C=O) groups is 1. The number of aromatic amines is 1. The highest BCUT2D eigenvalue weighted by Crippen LogP contribution is 2.25. The topological polar surface area (TPSA) is 61.0 Å². The van der Waals surface area contributed by atoms with Crippen molar-refractivity contribution in [2.45, 2.75) is 25.4 Å². The lowest BCUT2D eigenvalue weighted by atomic mass is 10.0. The molecule has 2 aromatic carbocycles. The van der Waals surface area contributed by atoms with Crippen LogP contribution in [0.4, 0.5) is 10.1 Å². The van der Waals surface area contributed by atoms with E-state index in [0.29, 0.717) is 6.54 Å². The average Bonchev–Trinajstić information content (AvgIpc) is 3.35. The van der Waals surface area contributed by atoms with Crippen molar-refractivity contribution in [3.8, 4) is 11.1 Å². The molecule has 1 amide bonds. The van der Waals surface area contributed by atoms with Crippen molar-refractivity contribution in [2.75, 3.05) is 11.9 Å². The minimum Gasteiger partial charge on any atom is -0.348 e. The lowest BCUT2D eigenvalue weighted by molar-refractivity contribution is -0.120. The molecular formula is C21H21FN4O. The standard InChI is InChI=1S/C21H21FN4O/c22-17-8-6-15(7-9-17)16-3-1-4-18(13-16)25-21(27)19-5-2-12-26(19)14-20-23-10-11-24-20/h1,3-4,6-11,13,19H,2,5,12,14H2,(H,23,24)(H,25,27). The van der Waals surface area contributed by atoms with Crippen molar-refractivity contribution in [1.82, 2.24) is 14.9 Å². The van der Waals surface area contributed by atoms with E-state index in [0.717, 1.165) is 42.0 Å². The van der Waals surface area contributed by atoms with Gasteiger partial charge in [-0.25, -0.2) is 9.37 Å². The van der Waals surface area contributed by atoms with E-state index in [1.165, 1.54) is 12.1 Å². The first-order valence-corrected chi connectivity index (χ1v) is 9.08. The fourth-order valence-electron chi connectivity index (χ4n) is 3.53. The van der Waals surface area contributed by atoms with Crippen molar-refractivity contribution < 1.29 is 9.18 Å². The molecular weight excluding hydrogens is 343 g/mol. The second-order valence-electron chi connectivity index (χ2n) is 6.74. The number of nitrogens with zero attached hydrogens (tertiary/aromatic N) is 2. The molecule has 1 fully saturated rings. The zero-order valence-electron chi connectivity index (χ0n) is 14.9. The number of rotatable bonds is 5. The number of carbonyl (C=O) groups excluding carboxylic acids is 1. The molecule has 1 saturated heterocycles. The van der Waals surface area contributed by atoms with Crippen LogP contribution in [0.15, 0.2) is 60.9 Å². The molecule has 6 heteroatoms. The van der Waals surface area contributed by atoms with Crippen LogP contribution in [-0.2, 0) is 11.3 Å². The van der Waals surface area contributed by atoms with E-state index in [1.807, 2.05) is 24.3 Å². The normalized spacial score (nSPS) is 17.1. The van der Waals surface area contributed by atoms with E-state index in [2.05, 4.69) is 20.2 Å². The SMILES string of the molecule is O=C(Nc1cccc(-c2ccc(F)cc2)c1)C1CCCN1Cc1ncc[nH]1. The van der Waals surface area contributed by atoms with E-state index in [1.54, 1.807) is 24.5 Å². The summed E-state index contributed by atoms with van der Waals surface area (Å²) in [5.41, 5.74) is 2.59. The Balaban J connectivity index is 1.46. The predicted octanol–water partition coefficient (Wildman–Crippen LogP) is 3.82. The maximum Gasteiger partial charge on any atom is 0.241 e. The van der Waals surface area contributed by atoms with Crippen molar-refractivity contribution in [3.63, 3.8) is 0 Å². The van der Waals surface area contributed by atoms with E-state index < -0.39 is 0 Å². The molecule has 0 spiro atoms. The van der Waals surface area contributed by atoms with Gasteiger partial charge in [0, 0.05) is 18.1 Å². The molecule has 1 atom stereocenters. The first-order valence-electron chi connectivity index (χ1n) is 9.08. The lowest BCUT2D eigenvalue weighted by Crippen LogP contribution is -2.39. The summed E-state index contributed by atoms with van der Waals surface area (Å²) < 4.78 is 13.1. The summed E-state index contributed by atoms with van der Waals surface area (Å²) in [5.74, 6) is 0.601. The van der Waals surface area contributed by atoms with Gasteiger partial charge in [0.1, 0.15) is 11.6 Å². The fourth-order valence-corrected chi connectivity index (χ4v) is 3.53. The third kappa shape index (κ3) is 4.06.